The van der Waals surface area contributed by atoms with Crippen molar-refractivity contribution in [3.05, 3.63) is 52.2 Å². The Morgan fingerprint density at radius 2 is 1.61 bits per heavy atom. The van der Waals surface area contributed by atoms with Gasteiger partial charge in [-0.3, -0.25) is 4.79 Å². The minimum absolute atomic E-state index is 0.0574. The zero-order valence-electron chi connectivity index (χ0n) is 11.5. The molecule has 3 aromatic rings. The number of hydrogen-bond donors (Lipinski definition) is 4. The highest BCUT2D eigenvalue weighted by atomic mass is 16.4. The molecule has 23 heavy (non-hydrogen) atoms. The summed E-state index contributed by atoms with van der Waals surface area (Å²) >= 11 is 0. The standard InChI is InChI=1S/C16H10O7/c17-9-5-7(6-10(18)14(9)20)15-12(16(21)22)13(19)8-3-1-2-4-11(8)23-15/h1-6,17-18,20H,(H,21,22). The molecule has 0 aliphatic carbocycles. The Morgan fingerprint density at radius 3 is 2.22 bits per heavy atom. The van der Waals surface area contributed by atoms with Crippen molar-refractivity contribution in [2.75, 3.05) is 0 Å². The summed E-state index contributed by atoms with van der Waals surface area (Å²) in [6.45, 7) is 0. The molecule has 7 nitrogen and oxygen atoms in total. The van der Waals surface area contributed by atoms with Crippen molar-refractivity contribution in [1.82, 2.24) is 0 Å². The Bertz CT molecular complexity index is 978. The number of para-hydroxylation sites is 1. The number of fused-ring (bicyclic) bond motifs is 1. The van der Waals surface area contributed by atoms with Crippen molar-refractivity contribution >= 4 is 16.9 Å². The summed E-state index contributed by atoms with van der Waals surface area (Å²) < 4.78 is 5.49. The molecule has 4 N–H and O–H groups in total. The van der Waals surface area contributed by atoms with Crippen molar-refractivity contribution < 1.29 is 29.6 Å². The van der Waals surface area contributed by atoms with Crippen LogP contribution < -0.4 is 5.43 Å². The molecule has 0 aliphatic heterocycles. The van der Waals surface area contributed by atoms with Crippen LogP contribution in [0.1, 0.15) is 10.4 Å². The monoisotopic (exact) mass is 314 g/mol. The highest BCUT2D eigenvalue weighted by Crippen LogP contribution is 2.39. The maximum absolute atomic E-state index is 12.4. The summed E-state index contributed by atoms with van der Waals surface area (Å²) in [5, 5.41) is 38.0. The summed E-state index contributed by atoms with van der Waals surface area (Å²) in [5.74, 6) is -3.94. The lowest BCUT2D eigenvalue weighted by molar-refractivity contribution is 0.0694. The minimum Gasteiger partial charge on any atom is -0.504 e. The predicted molar refractivity (Wildman–Crippen MR) is 79.9 cm³/mol. The van der Waals surface area contributed by atoms with Crippen molar-refractivity contribution in [3.8, 4) is 28.6 Å². The first-order chi connectivity index (χ1) is 10.9. The summed E-state index contributed by atoms with van der Waals surface area (Å²) in [5.41, 5.74) is -1.28. The van der Waals surface area contributed by atoms with Gasteiger partial charge in [0.25, 0.3) is 0 Å². The first-order valence-corrected chi connectivity index (χ1v) is 6.44. The van der Waals surface area contributed by atoms with E-state index >= 15 is 0 Å². The van der Waals surface area contributed by atoms with Crippen molar-refractivity contribution in [2.24, 2.45) is 0 Å². The molecule has 7 heteroatoms. The smallest absolute Gasteiger partial charge is 0.343 e. The van der Waals surface area contributed by atoms with E-state index in [0.717, 1.165) is 12.1 Å². The van der Waals surface area contributed by atoms with Crippen LogP contribution in [0.3, 0.4) is 0 Å². The molecule has 0 amide bonds. The lowest BCUT2D eigenvalue weighted by atomic mass is 10.0. The van der Waals surface area contributed by atoms with E-state index in [1.54, 1.807) is 12.1 Å². The molecule has 0 unspecified atom stereocenters. The molecule has 0 saturated heterocycles. The zero-order chi connectivity index (χ0) is 16.7. The molecule has 2 aromatic carbocycles. The third kappa shape index (κ3) is 2.24. The van der Waals surface area contributed by atoms with E-state index in [4.69, 9.17) is 4.42 Å². The van der Waals surface area contributed by atoms with Crippen LogP contribution in [0, 0.1) is 0 Å². The average molecular weight is 314 g/mol. The number of carboxylic acids is 1. The summed E-state index contributed by atoms with van der Waals surface area (Å²) in [6.07, 6.45) is 0. The Hall–Kier alpha value is -3.48. The molecule has 1 aromatic heterocycles. The van der Waals surface area contributed by atoms with Crippen molar-refractivity contribution in [2.45, 2.75) is 0 Å². The van der Waals surface area contributed by atoms with Gasteiger partial charge in [-0.25, -0.2) is 4.79 Å². The molecule has 0 saturated carbocycles. The van der Waals surface area contributed by atoms with E-state index in [0.29, 0.717) is 0 Å². The van der Waals surface area contributed by atoms with Crippen LogP contribution in [0.5, 0.6) is 17.2 Å². The number of aromatic hydroxyl groups is 3. The van der Waals surface area contributed by atoms with Gasteiger partial charge in [-0.1, -0.05) is 12.1 Å². The topological polar surface area (TPSA) is 128 Å². The highest BCUT2D eigenvalue weighted by molar-refractivity contribution is 5.98. The van der Waals surface area contributed by atoms with E-state index in [2.05, 4.69) is 0 Å². The molecular formula is C16H10O7. The van der Waals surface area contributed by atoms with E-state index in [1.165, 1.54) is 12.1 Å². The maximum Gasteiger partial charge on any atom is 0.343 e. The van der Waals surface area contributed by atoms with Gasteiger partial charge in [0.15, 0.2) is 28.6 Å². The third-order valence-electron chi connectivity index (χ3n) is 3.34. The maximum atomic E-state index is 12.4. The van der Waals surface area contributed by atoms with Crippen molar-refractivity contribution in [1.29, 1.82) is 0 Å². The number of carboxylic acid groups (broad SMARTS) is 1. The van der Waals surface area contributed by atoms with Gasteiger partial charge in [-0.05, 0) is 24.3 Å². The van der Waals surface area contributed by atoms with Crippen LogP contribution in [0.15, 0.2) is 45.6 Å². The number of hydrogen-bond acceptors (Lipinski definition) is 6. The summed E-state index contributed by atoms with van der Waals surface area (Å²) in [7, 11) is 0. The molecule has 0 atom stereocenters. The van der Waals surface area contributed by atoms with Gasteiger partial charge in [-0.2, -0.15) is 0 Å². The molecule has 0 bridgehead atoms. The van der Waals surface area contributed by atoms with Crippen LogP contribution in [0.2, 0.25) is 0 Å². The number of aromatic carboxylic acids is 1. The molecule has 3 rings (SSSR count). The molecule has 0 fully saturated rings. The molecular weight excluding hydrogens is 304 g/mol. The highest BCUT2D eigenvalue weighted by Gasteiger charge is 2.23. The Morgan fingerprint density at radius 1 is 1.00 bits per heavy atom. The van der Waals surface area contributed by atoms with E-state index in [-0.39, 0.29) is 22.3 Å². The second-order valence-corrected chi connectivity index (χ2v) is 4.80. The second kappa shape index (κ2) is 5.06. The second-order valence-electron chi connectivity index (χ2n) is 4.80. The third-order valence-corrected chi connectivity index (χ3v) is 3.34. The molecule has 1 heterocycles. The first kappa shape index (κ1) is 14.5. The van der Waals surface area contributed by atoms with Gasteiger partial charge in [0.05, 0.1) is 5.39 Å². The van der Waals surface area contributed by atoms with Gasteiger partial charge in [-0.15, -0.1) is 0 Å². The van der Waals surface area contributed by atoms with E-state index < -0.39 is 34.2 Å². The molecule has 0 radical (unpaired) electrons. The Balaban J connectivity index is 2.43. The molecule has 0 spiro atoms. The minimum atomic E-state index is -1.51. The van der Waals surface area contributed by atoms with Crippen LogP contribution in [-0.2, 0) is 0 Å². The van der Waals surface area contributed by atoms with Crippen LogP contribution in [0.4, 0.5) is 0 Å². The van der Waals surface area contributed by atoms with Crippen LogP contribution >= 0.6 is 0 Å². The largest absolute Gasteiger partial charge is 0.504 e. The quantitative estimate of drug-likeness (QED) is 0.534. The van der Waals surface area contributed by atoms with E-state index in [1.807, 2.05) is 0 Å². The SMILES string of the molecule is O=C(O)c1c(-c2cc(O)c(O)c(O)c2)oc2ccccc2c1=O. The van der Waals surface area contributed by atoms with E-state index in [9.17, 15) is 30.0 Å². The lowest BCUT2D eigenvalue weighted by Crippen LogP contribution is -2.16. The number of benzene rings is 2. The number of carbonyl (C=O) groups is 1. The predicted octanol–water partition coefficient (Wildman–Crippen LogP) is 2.28. The normalized spacial score (nSPS) is 10.8. The zero-order valence-corrected chi connectivity index (χ0v) is 11.5. The first-order valence-electron chi connectivity index (χ1n) is 6.44. The van der Waals surface area contributed by atoms with Crippen molar-refractivity contribution in [3.63, 3.8) is 0 Å². The molecule has 0 aliphatic rings. The van der Waals surface area contributed by atoms with Gasteiger partial charge >= 0.3 is 5.97 Å². The van der Waals surface area contributed by atoms with Crippen LogP contribution in [0.25, 0.3) is 22.3 Å². The van der Waals surface area contributed by atoms with Gasteiger partial charge in [0.2, 0.25) is 5.43 Å². The lowest BCUT2D eigenvalue weighted by Gasteiger charge is -2.09. The molecule has 116 valence electrons. The Labute approximate surface area is 128 Å². The van der Waals surface area contributed by atoms with Gasteiger partial charge in [0, 0.05) is 5.56 Å². The summed E-state index contributed by atoms with van der Waals surface area (Å²) in [6, 6.07) is 8.10. The fourth-order valence-corrected chi connectivity index (χ4v) is 2.27. The number of rotatable bonds is 2. The average Bonchev–Trinajstić information content (AvgIpc) is 2.51. The fraction of sp³-hybridized carbons (Fsp3) is 0. The fourth-order valence-electron chi connectivity index (χ4n) is 2.27. The number of phenolic OH excluding ortho intramolecular Hbond substituents is 3. The van der Waals surface area contributed by atoms with Crippen LogP contribution in [-0.4, -0.2) is 26.4 Å². The van der Waals surface area contributed by atoms with Gasteiger partial charge in [0.1, 0.15) is 5.58 Å². The number of phenols is 3. The van der Waals surface area contributed by atoms with Gasteiger partial charge < -0.3 is 24.8 Å². The summed E-state index contributed by atoms with van der Waals surface area (Å²) in [4.78, 5) is 23.8. The Kier molecular flexibility index (Phi) is 3.18.